The van der Waals surface area contributed by atoms with Crippen molar-refractivity contribution in [2.24, 2.45) is 0 Å². The van der Waals surface area contributed by atoms with Crippen molar-refractivity contribution in [3.63, 3.8) is 0 Å². The van der Waals surface area contributed by atoms with Crippen LogP contribution in [0.3, 0.4) is 0 Å². The van der Waals surface area contributed by atoms with Crippen LogP contribution in [0.25, 0.3) is 10.9 Å². The number of halogens is 1. The molecule has 2 aromatic heterocycles. The van der Waals surface area contributed by atoms with Crippen LogP contribution >= 0.6 is 11.6 Å². The number of fused-ring (bicyclic) bond motifs is 3. The van der Waals surface area contributed by atoms with E-state index in [1.54, 1.807) is 13.8 Å². The van der Waals surface area contributed by atoms with Gasteiger partial charge in [-0.25, -0.2) is 0 Å². The molecule has 1 amide bonds. The Morgan fingerprint density at radius 3 is 3.00 bits per heavy atom. The number of carbonyl (C=O) groups is 1. The second kappa shape index (κ2) is 5.67. The van der Waals surface area contributed by atoms with Crippen LogP contribution < -0.4 is 5.32 Å². The number of benzene rings is 1. The quantitative estimate of drug-likeness (QED) is 0.731. The number of carbonyl (C=O) groups excluding carboxylic acids is 1. The normalized spacial score (nSPS) is 17.0. The number of aryl methyl sites for hydroxylation is 3. The van der Waals surface area contributed by atoms with E-state index in [4.69, 9.17) is 16.1 Å². The average molecular weight is 344 g/mol. The third-order valence-electron chi connectivity index (χ3n) is 4.76. The molecule has 1 aliphatic carbocycles. The fourth-order valence-electron chi connectivity index (χ4n) is 3.63. The maximum absolute atomic E-state index is 12.7. The second-order valence-electron chi connectivity index (χ2n) is 6.30. The molecule has 0 radical (unpaired) electrons. The number of hydrogen-bond donors (Lipinski definition) is 2. The number of rotatable bonds is 2. The van der Waals surface area contributed by atoms with Gasteiger partial charge < -0.3 is 14.8 Å². The molecule has 0 unspecified atom stereocenters. The zero-order valence-electron chi connectivity index (χ0n) is 13.6. The minimum atomic E-state index is -0.145. The molecule has 0 spiro atoms. The fourth-order valence-corrected chi connectivity index (χ4v) is 3.86. The van der Waals surface area contributed by atoms with E-state index >= 15 is 0 Å². The van der Waals surface area contributed by atoms with Crippen molar-refractivity contribution in [2.75, 3.05) is 0 Å². The van der Waals surface area contributed by atoms with Gasteiger partial charge in [-0.2, -0.15) is 0 Å². The molecular weight excluding hydrogens is 326 g/mol. The third-order valence-corrected chi connectivity index (χ3v) is 5.07. The lowest BCUT2D eigenvalue weighted by molar-refractivity contribution is 0.0930. The monoisotopic (exact) mass is 343 g/mol. The van der Waals surface area contributed by atoms with Gasteiger partial charge in [0.2, 0.25) is 0 Å². The molecule has 1 aromatic carbocycles. The number of amides is 1. The highest BCUT2D eigenvalue weighted by atomic mass is 35.5. The second-order valence-corrected chi connectivity index (χ2v) is 6.70. The first-order valence-corrected chi connectivity index (χ1v) is 8.46. The maximum atomic E-state index is 12.7. The van der Waals surface area contributed by atoms with Gasteiger partial charge >= 0.3 is 0 Å². The molecule has 3 aromatic rings. The molecule has 0 bridgehead atoms. The lowest BCUT2D eigenvalue weighted by Crippen LogP contribution is -2.31. The molecule has 6 heteroatoms. The first-order valence-electron chi connectivity index (χ1n) is 8.09. The Kier molecular flexibility index (Phi) is 3.61. The number of para-hydroxylation sites is 1. The van der Waals surface area contributed by atoms with Crippen LogP contribution in [0.4, 0.5) is 0 Å². The Morgan fingerprint density at radius 1 is 1.42 bits per heavy atom. The van der Waals surface area contributed by atoms with Crippen molar-refractivity contribution in [2.45, 2.75) is 39.2 Å². The van der Waals surface area contributed by atoms with Crippen LogP contribution in [0.5, 0.6) is 0 Å². The Bertz CT molecular complexity index is 922. The fraction of sp³-hybridized carbons (Fsp3) is 0.333. The van der Waals surface area contributed by atoms with E-state index in [1.807, 2.05) is 12.1 Å². The molecule has 0 fully saturated rings. The summed E-state index contributed by atoms with van der Waals surface area (Å²) in [6, 6.07) is 5.86. The highest BCUT2D eigenvalue weighted by Gasteiger charge is 2.28. The molecule has 124 valence electrons. The van der Waals surface area contributed by atoms with Gasteiger partial charge in [-0.15, -0.1) is 0 Å². The summed E-state index contributed by atoms with van der Waals surface area (Å²) < 4.78 is 5.10. The van der Waals surface area contributed by atoms with E-state index < -0.39 is 0 Å². The summed E-state index contributed by atoms with van der Waals surface area (Å²) in [5.41, 5.74) is 4.40. The minimum Gasteiger partial charge on any atom is -0.361 e. The summed E-state index contributed by atoms with van der Waals surface area (Å²) in [4.78, 5) is 16.1. The van der Waals surface area contributed by atoms with E-state index in [9.17, 15) is 4.79 Å². The topological polar surface area (TPSA) is 70.9 Å². The van der Waals surface area contributed by atoms with Gasteiger partial charge in [0.05, 0.1) is 22.3 Å². The molecular formula is C18H18ClN3O2. The summed E-state index contributed by atoms with van der Waals surface area (Å²) in [6.45, 7) is 3.53. The zero-order valence-corrected chi connectivity index (χ0v) is 14.3. The number of aromatic nitrogens is 2. The first-order chi connectivity index (χ1) is 11.6. The summed E-state index contributed by atoms with van der Waals surface area (Å²) in [5, 5.41) is 8.84. The molecule has 24 heavy (non-hydrogen) atoms. The van der Waals surface area contributed by atoms with Gasteiger partial charge in [0.25, 0.3) is 5.91 Å². The Labute approximate surface area is 144 Å². The van der Waals surface area contributed by atoms with E-state index in [-0.39, 0.29) is 11.9 Å². The predicted octanol–water partition coefficient (Wildman–Crippen LogP) is 4.23. The molecule has 2 N–H and O–H groups in total. The SMILES string of the molecule is Cc1noc(C)c1C(=O)N[C@@H]1CCCc2c1[nH]c1c(Cl)cccc21. The predicted molar refractivity (Wildman–Crippen MR) is 92.4 cm³/mol. The van der Waals surface area contributed by atoms with Crippen LogP contribution in [0.15, 0.2) is 22.7 Å². The molecule has 5 nitrogen and oxygen atoms in total. The Morgan fingerprint density at radius 2 is 2.25 bits per heavy atom. The summed E-state index contributed by atoms with van der Waals surface area (Å²) in [6.07, 6.45) is 2.92. The molecule has 0 aliphatic heterocycles. The molecule has 1 aliphatic rings. The highest BCUT2D eigenvalue weighted by Crippen LogP contribution is 2.37. The van der Waals surface area contributed by atoms with Gasteiger partial charge in [0.1, 0.15) is 11.3 Å². The van der Waals surface area contributed by atoms with Crippen LogP contribution in [0.2, 0.25) is 5.02 Å². The highest BCUT2D eigenvalue weighted by molar-refractivity contribution is 6.35. The maximum Gasteiger partial charge on any atom is 0.257 e. The van der Waals surface area contributed by atoms with Crippen molar-refractivity contribution in [1.29, 1.82) is 0 Å². The van der Waals surface area contributed by atoms with Crippen molar-refractivity contribution in [3.05, 3.63) is 51.5 Å². The van der Waals surface area contributed by atoms with E-state index in [0.717, 1.165) is 35.9 Å². The standard InChI is InChI=1S/C18H18ClN3O2/c1-9-15(10(2)24-22-9)18(23)20-14-8-4-6-12-11-5-3-7-13(19)16(11)21-17(12)14/h3,5,7,14,21H,4,6,8H2,1-2H3,(H,20,23)/t14-/m1/s1. The number of nitrogens with one attached hydrogen (secondary N) is 2. The van der Waals surface area contributed by atoms with Crippen molar-refractivity contribution >= 4 is 28.4 Å². The van der Waals surface area contributed by atoms with Gasteiger partial charge in [-0.3, -0.25) is 4.79 Å². The van der Waals surface area contributed by atoms with Crippen molar-refractivity contribution < 1.29 is 9.32 Å². The van der Waals surface area contributed by atoms with E-state index in [0.29, 0.717) is 22.0 Å². The first kappa shape index (κ1) is 15.3. The van der Waals surface area contributed by atoms with E-state index in [1.165, 1.54) is 5.56 Å². The van der Waals surface area contributed by atoms with Gasteiger partial charge in [-0.1, -0.05) is 28.9 Å². The number of nitrogens with zero attached hydrogens (tertiary/aromatic N) is 1. The van der Waals surface area contributed by atoms with Crippen molar-refractivity contribution in [1.82, 2.24) is 15.5 Å². The summed E-state index contributed by atoms with van der Waals surface area (Å²) in [7, 11) is 0. The largest absolute Gasteiger partial charge is 0.361 e. The molecule has 1 atom stereocenters. The summed E-state index contributed by atoms with van der Waals surface area (Å²) >= 11 is 6.31. The van der Waals surface area contributed by atoms with Crippen LogP contribution in [-0.2, 0) is 6.42 Å². The lowest BCUT2D eigenvalue weighted by Gasteiger charge is -2.23. The minimum absolute atomic E-state index is 0.0570. The van der Waals surface area contributed by atoms with Crippen LogP contribution in [0, 0.1) is 13.8 Å². The van der Waals surface area contributed by atoms with Gasteiger partial charge in [0, 0.05) is 11.1 Å². The van der Waals surface area contributed by atoms with Gasteiger partial charge in [0.15, 0.2) is 0 Å². The van der Waals surface area contributed by atoms with Crippen LogP contribution in [-0.4, -0.2) is 16.0 Å². The zero-order chi connectivity index (χ0) is 16.8. The lowest BCUT2D eigenvalue weighted by atomic mass is 9.91. The van der Waals surface area contributed by atoms with E-state index in [2.05, 4.69) is 21.5 Å². The number of aromatic amines is 1. The van der Waals surface area contributed by atoms with Crippen LogP contribution in [0.1, 0.15) is 52.0 Å². The average Bonchev–Trinajstić information content (AvgIpc) is 3.10. The van der Waals surface area contributed by atoms with Crippen molar-refractivity contribution in [3.8, 4) is 0 Å². The Hall–Kier alpha value is -2.27. The smallest absolute Gasteiger partial charge is 0.257 e. The number of hydrogen-bond acceptors (Lipinski definition) is 3. The molecule has 4 rings (SSSR count). The third kappa shape index (κ3) is 2.31. The van der Waals surface area contributed by atoms with Gasteiger partial charge in [-0.05, 0) is 44.7 Å². The summed E-state index contributed by atoms with van der Waals surface area (Å²) in [5.74, 6) is 0.398. The number of H-pyrrole nitrogens is 1. The molecule has 2 heterocycles. The molecule has 0 saturated heterocycles. The molecule has 0 saturated carbocycles. The Balaban J connectivity index is 1.71.